The fraction of sp³-hybridized carbons (Fsp3) is 0.259. The summed E-state index contributed by atoms with van der Waals surface area (Å²) in [5.74, 6) is -2.43. The summed E-state index contributed by atoms with van der Waals surface area (Å²) in [4.78, 5) is 55.0. The van der Waals surface area contributed by atoms with Gasteiger partial charge in [-0.3, -0.25) is 24.6 Å². The molecule has 1 fully saturated rings. The Kier molecular flexibility index (Phi) is 8.05. The van der Waals surface area contributed by atoms with Crippen LogP contribution in [0.3, 0.4) is 0 Å². The number of hydrogen-bond donors (Lipinski definition) is 1. The molecule has 1 amide bonds. The van der Waals surface area contributed by atoms with E-state index in [1.807, 2.05) is 6.92 Å². The maximum atomic E-state index is 13.3. The third-order valence-corrected chi connectivity index (χ3v) is 7.26. The third kappa shape index (κ3) is 5.36. The fourth-order valence-electron chi connectivity index (χ4n) is 4.09. The normalized spacial score (nSPS) is 16.4. The number of anilines is 1. The van der Waals surface area contributed by atoms with Crippen LogP contribution in [0.5, 0.6) is 5.75 Å². The van der Waals surface area contributed by atoms with Gasteiger partial charge < -0.3 is 14.6 Å². The number of unbranched alkanes of at least 4 members (excludes halogenated alkanes) is 1. The molecule has 1 atom stereocenters. The number of esters is 1. The van der Waals surface area contributed by atoms with Crippen molar-refractivity contribution in [3.8, 4) is 5.75 Å². The number of nitrogens with zero attached hydrogens (tertiary/aromatic N) is 3. The molecule has 0 saturated carbocycles. The maximum absolute atomic E-state index is 13.3. The number of ketones is 1. The van der Waals surface area contributed by atoms with Gasteiger partial charge in [-0.2, -0.15) is 0 Å². The Bertz CT molecular complexity index is 1460. The van der Waals surface area contributed by atoms with Crippen molar-refractivity contribution < 1.29 is 33.9 Å². The number of aryl methyl sites for hydroxylation is 1. The van der Waals surface area contributed by atoms with E-state index in [1.165, 1.54) is 31.4 Å². The first kappa shape index (κ1) is 27.5. The molecule has 1 aromatic heterocycles. The number of aromatic nitrogens is 1. The Balaban J connectivity index is 1.83. The van der Waals surface area contributed by atoms with Crippen LogP contribution in [0, 0.1) is 17.0 Å². The molecule has 12 heteroatoms. The number of thiazole rings is 1. The van der Waals surface area contributed by atoms with Gasteiger partial charge in [0.1, 0.15) is 16.4 Å². The van der Waals surface area contributed by atoms with E-state index in [4.69, 9.17) is 9.47 Å². The van der Waals surface area contributed by atoms with Crippen LogP contribution in [-0.2, 0) is 14.3 Å². The van der Waals surface area contributed by atoms with Gasteiger partial charge in [0.05, 0.1) is 35.9 Å². The number of carbonyl (C=O) groups is 3. The summed E-state index contributed by atoms with van der Waals surface area (Å²) in [6.45, 7) is 4.15. The van der Waals surface area contributed by atoms with Crippen LogP contribution in [0.4, 0.5) is 10.8 Å². The molecular weight excluding hydrogens is 526 g/mol. The molecule has 1 saturated heterocycles. The lowest BCUT2D eigenvalue weighted by Crippen LogP contribution is -2.29. The van der Waals surface area contributed by atoms with Gasteiger partial charge >= 0.3 is 11.9 Å². The van der Waals surface area contributed by atoms with Gasteiger partial charge in [0.25, 0.3) is 11.5 Å². The summed E-state index contributed by atoms with van der Waals surface area (Å²) < 4.78 is 10.4. The van der Waals surface area contributed by atoms with E-state index in [0.29, 0.717) is 23.6 Å². The van der Waals surface area contributed by atoms with Crippen LogP contribution >= 0.6 is 11.3 Å². The summed E-state index contributed by atoms with van der Waals surface area (Å²) in [7, 11) is 1.21. The third-order valence-electron chi connectivity index (χ3n) is 6.12. The molecule has 39 heavy (non-hydrogen) atoms. The number of methoxy groups -OCH3 is 1. The molecular formula is C27H25N3O8S. The number of amides is 1. The molecule has 4 rings (SSSR count). The first-order valence-corrected chi connectivity index (χ1v) is 12.8. The van der Waals surface area contributed by atoms with E-state index in [2.05, 4.69) is 4.98 Å². The number of carbonyl (C=O) groups excluding carboxylic acids is 3. The summed E-state index contributed by atoms with van der Waals surface area (Å²) in [6.07, 6.45) is 1.86. The highest BCUT2D eigenvalue weighted by molar-refractivity contribution is 7.17. The molecule has 0 aliphatic carbocycles. The molecule has 2 aromatic carbocycles. The maximum Gasteiger partial charge on any atom is 0.350 e. The number of nitro groups is 1. The van der Waals surface area contributed by atoms with Crippen molar-refractivity contribution in [2.24, 2.45) is 0 Å². The van der Waals surface area contributed by atoms with Gasteiger partial charge in [-0.1, -0.05) is 24.7 Å². The predicted molar refractivity (Wildman–Crippen MR) is 143 cm³/mol. The second-order valence-electron chi connectivity index (χ2n) is 8.65. The van der Waals surface area contributed by atoms with Crippen LogP contribution in [0.15, 0.2) is 54.1 Å². The van der Waals surface area contributed by atoms with Crippen molar-refractivity contribution in [1.29, 1.82) is 0 Å². The molecule has 2 heterocycles. The molecule has 1 aliphatic heterocycles. The molecule has 0 radical (unpaired) electrons. The van der Waals surface area contributed by atoms with E-state index < -0.39 is 34.4 Å². The number of non-ortho nitro benzene ring substituents is 1. The SMILES string of the molecule is CCCCOc1ccc(/C(O)=C2/C(=O)C(=O)N(c3nc(C)c(C(=O)OC)s3)C2c2ccc([N+](=O)[O-])cc2)cc1. The predicted octanol–water partition coefficient (Wildman–Crippen LogP) is 4.95. The van der Waals surface area contributed by atoms with Gasteiger partial charge in [0, 0.05) is 17.7 Å². The number of hydrogen-bond acceptors (Lipinski definition) is 10. The number of benzene rings is 2. The molecule has 202 valence electrons. The number of aliphatic hydroxyl groups is 1. The van der Waals surface area contributed by atoms with Crippen molar-refractivity contribution in [1.82, 2.24) is 4.98 Å². The van der Waals surface area contributed by atoms with E-state index in [9.17, 15) is 29.6 Å². The number of nitro benzene ring substituents is 1. The van der Waals surface area contributed by atoms with Crippen molar-refractivity contribution in [3.05, 3.63) is 85.9 Å². The van der Waals surface area contributed by atoms with Crippen molar-refractivity contribution in [2.75, 3.05) is 18.6 Å². The highest BCUT2D eigenvalue weighted by atomic mass is 32.1. The van der Waals surface area contributed by atoms with Crippen LogP contribution in [0.2, 0.25) is 0 Å². The number of ether oxygens (including phenoxy) is 2. The topological polar surface area (TPSA) is 149 Å². The highest BCUT2D eigenvalue weighted by Crippen LogP contribution is 2.44. The Labute approximate surface area is 227 Å². The number of Topliss-reactive ketones (excluding diaryl/α,β-unsaturated/α-hetero) is 1. The second kappa shape index (κ2) is 11.4. The lowest BCUT2D eigenvalue weighted by molar-refractivity contribution is -0.384. The average molecular weight is 552 g/mol. The Morgan fingerprint density at radius 1 is 1.15 bits per heavy atom. The van der Waals surface area contributed by atoms with E-state index in [0.717, 1.165) is 29.1 Å². The summed E-state index contributed by atoms with van der Waals surface area (Å²) >= 11 is 0.861. The summed E-state index contributed by atoms with van der Waals surface area (Å²) in [5.41, 5.74) is 0.486. The molecule has 1 N–H and O–H groups in total. The molecule has 1 unspecified atom stereocenters. The van der Waals surface area contributed by atoms with Gasteiger partial charge in [-0.25, -0.2) is 9.78 Å². The number of rotatable bonds is 9. The minimum atomic E-state index is -1.16. The molecule has 3 aromatic rings. The molecule has 11 nitrogen and oxygen atoms in total. The summed E-state index contributed by atoms with van der Waals surface area (Å²) in [6, 6.07) is 10.6. The lowest BCUT2D eigenvalue weighted by atomic mass is 9.95. The van der Waals surface area contributed by atoms with Gasteiger partial charge in [0.2, 0.25) is 0 Å². The minimum Gasteiger partial charge on any atom is -0.507 e. The standard InChI is InChI=1S/C27H25N3O8S/c1-4-5-14-38-19-12-8-17(9-13-19)22(31)20-21(16-6-10-18(11-7-16)30(35)36)29(25(33)23(20)32)27-28-15(2)24(39-27)26(34)37-3/h6-13,21,31H,4-5,14H2,1-3H3/b22-20-. The van der Waals surface area contributed by atoms with Crippen molar-refractivity contribution >= 4 is 45.6 Å². The lowest BCUT2D eigenvalue weighted by Gasteiger charge is -2.23. The van der Waals surface area contributed by atoms with Crippen molar-refractivity contribution in [2.45, 2.75) is 32.7 Å². The first-order chi connectivity index (χ1) is 18.7. The highest BCUT2D eigenvalue weighted by Gasteiger charge is 2.48. The van der Waals surface area contributed by atoms with Crippen LogP contribution in [0.1, 0.15) is 52.3 Å². The molecule has 1 aliphatic rings. The first-order valence-electron chi connectivity index (χ1n) is 12.0. The second-order valence-corrected chi connectivity index (χ2v) is 9.62. The fourth-order valence-corrected chi connectivity index (χ4v) is 5.10. The molecule has 0 spiro atoms. The minimum absolute atomic E-state index is 0.0390. The Morgan fingerprint density at radius 2 is 1.82 bits per heavy atom. The Hall–Kier alpha value is -4.58. The van der Waals surface area contributed by atoms with Gasteiger partial charge in [-0.05, 0) is 55.3 Å². The van der Waals surface area contributed by atoms with Crippen LogP contribution in [-0.4, -0.2) is 46.4 Å². The van der Waals surface area contributed by atoms with E-state index in [-0.39, 0.29) is 26.8 Å². The van der Waals surface area contributed by atoms with E-state index in [1.54, 1.807) is 31.2 Å². The molecule has 0 bridgehead atoms. The van der Waals surface area contributed by atoms with Crippen LogP contribution in [0.25, 0.3) is 5.76 Å². The largest absolute Gasteiger partial charge is 0.507 e. The quantitative estimate of drug-likeness (QED) is 0.0741. The Morgan fingerprint density at radius 3 is 2.41 bits per heavy atom. The van der Waals surface area contributed by atoms with Crippen molar-refractivity contribution in [3.63, 3.8) is 0 Å². The average Bonchev–Trinajstić information content (AvgIpc) is 3.44. The summed E-state index contributed by atoms with van der Waals surface area (Å²) in [5, 5.41) is 22.5. The zero-order valence-corrected chi connectivity index (χ0v) is 22.2. The van der Waals surface area contributed by atoms with Gasteiger partial charge in [0.15, 0.2) is 5.13 Å². The smallest absolute Gasteiger partial charge is 0.350 e. The zero-order chi connectivity index (χ0) is 28.3. The van der Waals surface area contributed by atoms with E-state index >= 15 is 0 Å². The van der Waals surface area contributed by atoms with Crippen LogP contribution < -0.4 is 9.64 Å². The van der Waals surface area contributed by atoms with Gasteiger partial charge in [-0.15, -0.1) is 0 Å². The number of aliphatic hydroxyl groups excluding tert-OH is 1. The monoisotopic (exact) mass is 551 g/mol. The zero-order valence-electron chi connectivity index (χ0n) is 21.4.